The minimum absolute atomic E-state index is 0.310. The number of hydrogen-bond donors (Lipinski definition) is 1. The fourth-order valence-electron chi connectivity index (χ4n) is 5.40. The van der Waals surface area contributed by atoms with Crippen molar-refractivity contribution >= 4 is 33.6 Å². The van der Waals surface area contributed by atoms with Crippen molar-refractivity contribution in [2.45, 2.75) is 72.0 Å². The number of fused-ring (bicyclic) bond motifs is 1. The van der Waals surface area contributed by atoms with Crippen LogP contribution in [0.2, 0.25) is 0 Å². The lowest BCUT2D eigenvalue weighted by Crippen LogP contribution is -2.30. The number of nitrogens with zero attached hydrogens (tertiary/aromatic N) is 2. The molecular weight excluding hydrogens is 521 g/mol. The van der Waals surface area contributed by atoms with Gasteiger partial charge in [-0.05, 0) is 93.8 Å². The van der Waals surface area contributed by atoms with E-state index in [1.807, 2.05) is 19.1 Å². The van der Waals surface area contributed by atoms with Gasteiger partial charge in [-0.2, -0.15) is 13.2 Å². The summed E-state index contributed by atoms with van der Waals surface area (Å²) in [6, 6.07) is 9.86. The Morgan fingerprint density at radius 3 is 2.59 bits per heavy atom. The van der Waals surface area contributed by atoms with Crippen molar-refractivity contribution in [1.29, 1.82) is 0 Å². The third-order valence-corrected chi connectivity index (χ3v) is 8.50. The molecule has 39 heavy (non-hydrogen) atoms. The summed E-state index contributed by atoms with van der Waals surface area (Å²) < 4.78 is 40.1. The first kappa shape index (κ1) is 29.3. The predicted octanol–water partition coefficient (Wildman–Crippen LogP) is 8.33. The van der Waals surface area contributed by atoms with Crippen LogP contribution in [-0.4, -0.2) is 34.0 Å². The van der Waals surface area contributed by atoms with Crippen molar-refractivity contribution in [1.82, 2.24) is 9.88 Å². The van der Waals surface area contributed by atoms with E-state index in [9.17, 15) is 23.1 Å². The van der Waals surface area contributed by atoms with Gasteiger partial charge in [0.05, 0.1) is 21.2 Å². The molecule has 2 heterocycles. The van der Waals surface area contributed by atoms with Crippen molar-refractivity contribution in [2.24, 2.45) is 11.8 Å². The third kappa shape index (κ3) is 7.09. The van der Waals surface area contributed by atoms with Gasteiger partial charge in [0, 0.05) is 13.1 Å². The van der Waals surface area contributed by atoms with E-state index in [4.69, 9.17) is 0 Å². The normalized spacial score (nSPS) is 18.7. The van der Waals surface area contributed by atoms with E-state index in [2.05, 4.69) is 35.9 Å². The van der Waals surface area contributed by atoms with Crippen LogP contribution >= 0.6 is 11.3 Å². The van der Waals surface area contributed by atoms with E-state index < -0.39 is 23.1 Å². The van der Waals surface area contributed by atoms with E-state index in [0.717, 1.165) is 66.7 Å². The number of benzene rings is 2. The number of aryl methyl sites for hydroxylation is 1. The zero-order chi connectivity index (χ0) is 28.5. The Balaban J connectivity index is 1.59. The molecule has 4 nitrogen and oxygen atoms in total. The van der Waals surface area contributed by atoms with Gasteiger partial charge < -0.3 is 5.11 Å². The van der Waals surface area contributed by atoms with Crippen molar-refractivity contribution < 1.29 is 23.1 Å². The van der Waals surface area contributed by atoms with Crippen LogP contribution in [0.5, 0.6) is 0 Å². The molecule has 1 N–H and O–H groups in total. The maximum atomic E-state index is 13.2. The minimum Gasteiger partial charge on any atom is -0.481 e. The van der Waals surface area contributed by atoms with Gasteiger partial charge in [0.25, 0.3) is 0 Å². The molecule has 1 aliphatic heterocycles. The second kappa shape index (κ2) is 11.4. The number of carbonyl (C=O) groups is 1. The minimum atomic E-state index is -4.37. The van der Waals surface area contributed by atoms with Gasteiger partial charge in [-0.1, -0.05) is 43.2 Å². The molecule has 0 spiro atoms. The van der Waals surface area contributed by atoms with Gasteiger partial charge >= 0.3 is 12.1 Å². The topological polar surface area (TPSA) is 53.4 Å². The van der Waals surface area contributed by atoms with Crippen LogP contribution in [0.25, 0.3) is 16.3 Å². The van der Waals surface area contributed by atoms with Crippen LogP contribution in [0.4, 0.5) is 13.2 Å². The second-order valence-electron chi connectivity index (χ2n) is 11.8. The smallest absolute Gasteiger partial charge is 0.416 e. The third-order valence-electron chi connectivity index (χ3n) is 7.54. The molecular formula is C31H37F3N2O2S. The molecule has 4 rings (SSSR count). The van der Waals surface area contributed by atoms with Crippen LogP contribution in [0.15, 0.2) is 42.0 Å². The highest BCUT2D eigenvalue weighted by atomic mass is 32.1. The molecule has 1 aliphatic rings. The molecule has 0 radical (unpaired) electrons. The maximum absolute atomic E-state index is 13.2. The van der Waals surface area contributed by atoms with Crippen LogP contribution < -0.4 is 0 Å². The van der Waals surface area contributed by atoms with Gasteiger partial charge in [-0.25, -0.2) is 4.98 Å². The number of aromatic nitrogens is 1. The Kier molecular flexibility index (Phi) is 8.57. The molecule has 0 bridgehead atoms. The fourth-order valence-corrected chi connectivity index (χ4v) is 6.38. The zero-order valence-corrected chi connectivity index (χ0v) is 24.0. The number of rotatable bonds is 7. The molecule has 1 fully saturated rings. The average molecular weight is 559 g/mol. The molecule has 210 valence electrons. The average Bonchev–Trinajstić information content (AvgIpc) is 3.14. The van der Waals surface area contributed by atoms with Crippen molar-refractivity contribution in [3.8, 4) is 0 Å². The van der Waals surface area contributed by atoms with E-state index in [0.29, 0.717) is 22.1 Å². The highest BCUT2D eigenvalue weighted by Crippen LogP contribution is 2.36. The number of thiazole rings is 1. The monoisotopic (exact) mass is 558 g/mol. The lowest BCUT2D eigenvalue weighted by atomic mass is 9.83. The molecule has 8 heteroatoms. The Morgan fingerprint density at radius 1 is 1.18 bits per heavy atom. The summed E-state index contributed by atoms with van der Waals surface area (Å²) in [5.74, 6) is -0.0416. The largest absolute Gasteiger partial charge is 0.481 e. The maximum Gasteiger partial charge on any atom is 0.416 e. The van der Waals surface area contributed by atoms with Gasteiger partial charge in [-0.15, -0.1) is 11.3 Å². The number of aliphatic carboxylic acids is 1. The first-order valence-corrected chi connectivity index (χ1v) is 14.3. The Labute approximate surface area is 232 Å². The standard InChI is InChI=1S/C31H37F3N2O2S/c1-19(2)11-23-18-36(17-21-12-20(3)13-25(14-21)30(4,5)29(37)38)10-6-7-22(23)15-28-35-26-9-8-24(31(32,33)34)16-27(26)39-28/h8-9,12-16,19,23H,6-7,10-11,17-18H2,1-5H3,(H,37,38)/b22-15-/t23-/m1/s1. The molecule has 1 atom stereocenters. The van der Waals surface area contributed by atoms with E-state index in [-0.39, 0.29) is 0 Å². The first-order valence-electron chi connectivity index (χ1n) is 13.5. The highest BCUT2D eigenvalue weighted by Gasteiger charge is 2.32. The van der Waals surface area contributed by atoms with Crippen molar-refractivity contribution in [3.05, 3.63) is 69.2 Å². The molecule has 2 aromatic carbocycles. The Hall–Kier alpha value is -2.71. The summed E-state index contributed by atoms with van der Waals surface area (Å²) in [6.45, 7) is 12.4. The van der Waals surface area contributed by atoms with Gasteiger partial charge in [0.15, 0.2) is 0 Å². The summed E-state index contributed by atoms with van der Waals surface area (Å²) in [5, 5.41) is 10.5. The molecule has 0 aliphatic carbocycles. The molecule has 1 aromatic heterocycles. The van der Waals surface area contributed by atoms with Gasteiger partial charge in [0.2, 0.25) is 0 Å². The number of likely N-dealkylation sites (tertiary alicyclic amines) is 1. The number of hydrogen-bond acceptors (Lipinski definition) is 4. The quantitative estimate of drug-likeness (QED) is 0.317. The van der Waals surface area contributed by atoms with E-state index in [1.54, 1.807) is 13.8 Å². The molecule has 0 amide bonds. The summed E-state index contributed by atoms with van der Waals surface area (Å²) in [6.07, 6.45) is 0.641. The van der Waals surface area contributed by atoms with Gasteiger partial charge in [-0.3, -0.25) is 9.69 Å². The zero-order valence-electron chi connectivity index (χ0n) is 23.2. The molecule has 0 saturated carbocycles. The van der Waals surface area contributed by atoms with Gasteiger partial charge in [0.1, 0.15) is 5.01 Å². The number of carboxylic acid groups (broad SMARTS) is 1. The molecule has 0 unspecified atom stereocenters. The first-order chi connectivity index (χ1) is 18.2. The van der Waals surface area contributed by atoms with Crippen LogP contribution in [0.1, 0.15) is 74.2 Å². The number of halogens is 3. The van der Waals surface area contributed by atoms with Crippen molar-refractivity contribution in [3.63, 3.8) is 0 Å². The summed E-state index contributed by atoms with van der Waals surface area (Å²) in [7, 11) is 0. The molecule has 3 aromatic rings. The second-order valence-corrected chi connectivity index (χ2v) is 12.8. The highest BCUT2D eigenvalue weighted by molar-refractivity contribution is 7.19. The Morgan fingerprint density at radius 2 is 1.92 bits per heavy atom. The summed E-state index contributed by atoms with van der Waals surface area (Å²) in [5.41, 5.74) is 3.26. The predicted molar refractivity (Wildman–Crippen MR) is 152 cm³/mol. The molecule has 1 saturated heterocycles. The Bertz CT molecular complexity index is 1370. The van der Waals surface area contributed by atoms with Crippen molar-refractivity contribution in [2.75, 3.05) is 13.1 Å². The fraction of sp³-hybridized carbons (Fsp3) is 0.484. The number of alkyl halides is 3. The lowest BCUT2D eigenvalue weighted by Gasteiger charge is -2.27. The summed E-state index contributed by atoms with van der Waals surface area (Å²) >= 11 is 1.31. The van der Waals surface area contributed by atoms with Crippen LogP contribution in [-0.2, 0) is 22.9 Å². The summed E-state index contributed by atoms with van der Waals surface area (Å²) in [4.78, 5) is 18.9. The van der Waals surface area contributed by atoms with E-state index >= 15 is 0 Å². The van der Waals surface area contributed by atoms with E-state index in [1.165, 1.54) is 29.0 Å². The number of carboxylic acids is 1. The lowest BCUT2D eigenvalue weighted by molar-refractivity contribution is -0.142. The SMILES string of the molecule is Cc1cc(CN2CCC/C(=C/c3nc4ccc(C(F)(F)F)cc4s3)[C@H](CC(C)C)C2)cc(C(C)(C)C(=O)O)c1. The van der Waals surface area contributed by atoms with Crippen LogP contribution in [0.3, 0.4) is 0 Å². The van der Waals surface area contributed by atoms with Crippen LogP contribution in [0, 0.1) is 18.8 Å².